The molecular formula is C65H70B2N2O. The second kappa shape index (κ2) is 20.1. The topological polar surface area (TPSA) is 35.0 Å². The number of aryl methyl sites for hydroxylation is 1. The number of rotatable bonds is 13. The molecule has 6 aromatic carbocycles. The Kier molecular flexibility index (Phi) is 14.0. The Bertz CT molecular complexity index is 3120. The van der Waals surface area contributed by atoms with E-state index in [9.17, 15) is 0 Å². The van der Waals surface area contributed by atoms with Crippen molar-refractivity contribution in [3.8, 4) is 45.1 Å². The van der Waals surface area contributed by atoms with Crippen molar-refractivity contribution in [2.75, 3.05) is 0 Å². The molecule has 1 aliphatic rings. The summed E-state index contributed by atoms with van der Waals surface area (Å²) < 4.78 is 7.60. The Morgan fingerprint density at radius 3 is 1.43 bits per heavy atom. The molecule has 0 fully saturated rings. The predicted octanol–water partition coefficient (Wildman–Crippen LogP) is 13.7. The van der Waals surface area contributed by atoms with Gasteiger partial charge in [-0.25, -0.2) is 0 Å². The van der Waals surface area contributed by atoms with Crippen molar-refractivity contribution in [1.29, 1.82) is 0 Å². The summed E-state index contributed by atoms with van der Waals surface area (Å²) in [6, 6.07) is 54.2. The maximum absolute atomic E-state index is 7.60. The van der Waals surface area contributed by atoms with Gasteiger partial charge in [-0.3, -0.25) is 9.97 Å². The summed E-state index contributed by atoms with van der Waals surface area (Å²) in [6.45, 7) is 29.9. The van der Waals surface area contributed by atoms with Crippen molar-refractivity contribution in [3.05, 3.63) is 191 Å². The zero-order valence-electron chi connectivity index (χ0n) is 43.9. The molecular weight excluding hydrogens is 846 g/mol. The summed E-state index contributed by atoms with van der Waals surface area (Å²) in [5, 5.41) is 0. The molecule has 70 heavy (non-hydrogen) atoms. The number of aromatic nitrogens is 2. The van der Waals surface area contributed by atoms with Gasteiger partial charge in [0.2, 0.25) is 13.4 Å². The van der Waals surface area contributed by atoms with Crippen LogP contribution < -0.4 is 37.5 Å². The minimum absolute atomic E-state index is 0.0537. The monoisotopic (exact) mass is 917 g/mol. The molecule has 5 heteroatoms. The van der Waals surface area contributed by atoms with Gasteiger partial charge in [-0.05, 0) is 135 Å². The van der Waals surface area contributed by atoms with Crippen molar-refractivity contribution in [3.63, 3.8) is 0 Å². The van der Waals surface area contributed by atoms with Gasteiger partial charge < -0.3 is 4.74 Å². The molecule has 0 spiro atoms. The SMILES string of the molecule is Cc1cccc(-c2cc(Oc3cccc(-c4cc(-c5c(C(C)C)cccc5C(C)C)ccn4)c3)c3c(c2)B(c2c(C(C)C)cccc2C(C)C)c2ccccc2B3c2c(C(C)C)cccc2C(C)C)n1. The third kappa shape index (κ3) is 9.21. The van der Waals surface area contributed by atoms with Crippen molar-refractivity contribution in [2.45, 2.75) is 126 Å². The van der Waals surface area contributed by atoms with Crippen LogP contribution in [0, 0.1) is 6.92 Å². The van der Waals surface area contributed by atoms with E-state index in [2.05, 4.69) is 236 Å². The summed E-state index contributed by atoms with van der Waals surface area (Å²) in [5.74, 6) is 3.64. The van der Waals surface area contributed by atoms with Gasteiger partial charge in [-0.2, -0.15) is 0 Å². The molecule has 0 atom stereocenters. The van der Waals surface area contributed by atoms with Crippen LogP contribution in [0.3, 0.4) is 0 Å². The normalized spacial score (nSPS) is 12.5. The van der Waals surface area contributed by atoms with Crippen LogP contribution in [0.15, 0.2) is 152 Å². The molecule has 8 aromatic rings. The number of ether oxygens (including phenoxy) is 1. The number of nitrogens with zero attached hydrogens (tertiary/aromatic N) is 2. The number of pyridine rings is 2. The molecule has 0 N–H and O–H groups in total. The van der Waals surface area contributed by atoms with E-state index >= 15 is 0 Å². The van der Waals surface area contributed by atoms with Crippen molar-refractivity contribution in [1.82, 2.24) is 9.97 Å². The summed E-state index contributed by atoms with van der Waals surface area (Å²) >= 11 is 0. The van der Waals surface area contributed by atoms with Crippen molar-refractivity contribution >= 4 is 46.2 Å². The van der Waals surface area contributed by atoms with Gasteiger partial charge in [0.15, 0.2) is 0 Å². The number of hydrogen-bond donors (Lipinski definition) is 0. The minimum atomic E-state index is -0.0978. The fraction of sp³-hybridized carbons (Fsp3) is 0.292. The molecule has 0 saturated heterocycles. The van der Waals surface area contributed by atoms with E-state index in [1.165, 1.54) is 77.3 Å². The second-order valence-corrected chi connectivity index (χ2v) is 21.6. The Morgan fingerprint density at radius 2 is 0.886 bits per heavy atom. The van der Waals surface area contributed by atoms with E-state index < -0.39 is 0 Å². The Morgan fingerprint density at radius 1 is 0.386 bits per heavy atom. The maximum Gasteiger partial charge on any atom is 0.245 e. The molecule has 352 valence electrons. The molecule has 1 aliphatic heterocycles. The third-order valence-corrected chi connectivity index (χ3v) is 14.8. The standard InChI is InChI=1S/C65H70B2N2O/c1-39(2)50-24-18-25-51(40(3)4)62(50)47-33-34-68-60(37-47)46-22-17-23-49(35-46)70-61-38-48(59-32-16-21-45(13)69-59)36-58-65(61)67(64-54(43(9)10)28-20-29-55(64)44(11)12)57-31-15-14-30-56(57)66(58)63-52(41(5)6)26-19-27-53(63)42(7)8/h14-44H,1-13H3. The van der Waals surface area contributed by atoms with E-state index in [0.717, 1.165) is 39.7 Å². The molecule has 3 nitrogen and oxygen atoms in total. The first-order valence-electron chi connectivity index (χ1n) is 26.0. The summed E-state index contributed by atoms with van der Waals surface area (Å²) in [6.07, 6.45) is 1.97. The van der Waals surface area contributed by atoms with E-state index in [4.69, 9.17) is 14.7 Å². The molecule has 0 saturated carbocycles. The van der Waals surface area contributed by atoms with Crippen LogP contribution in [-0.4, -0.2) is 23.4 Å². The fourth-order valence-electron chi connectivity index (χ4n) is 11.5. The first kappa shape index (κ1) is 48.6. The zero-order chi connectivity index (χ0) is 49.5. The first-order valence-corrected chi connectivity index (χ1v) is 26.0. The van der Waals surface area contributed by atoms with E-state index in [1.54, 1.807) is 0 Å². The number of fused-ring (bicyclic) bond motifs is 2. The summed E-state index contributed by atoms with van der Waals surface area (Å²) in [4.78, 5) is 10.2. The third-order valence-electron chi connectivity index (χ3n) is 14.8. The highest BCUT2D eigenvalue weighted by Gasteiger charge is 2.44. The van der Waals surface area contributed by atoms with Crippen LogP contribution in [0.5, 0.6) is 11.5 Å². The van der Waals surface area contributed by atoms with Crippen LogP contribution >= 0.6 is 0 Å². The average Bonchev–Trinajstić information content (AvgIpc) is 3.34. The van der Waals surface area contributed by atoms with Gasteiger partial charge in [-0.15, -0.1) is 0 Å². The average molecular weight is 917 g/mol. The fourth-order valence-corrected chi connectivity index (χ4v) is 11.5. The molecule has 0 amide bonds. The van der Waals surface area contributed by atoms with Crippen LogP contribution in [0.25, 0.3) is 33.6 Å². The predicted molar refractivity (Wildman–Crippen MR) is 303 cm³/mol. The minimum Gasteiger partial charge on any atom is -0.458 e. The van der Waals surface area contributed by atoms with Gasteiger partial charge in [-0.1, -0.05) is 214 Å². The smallest absolute Gasteiger partial charge is 0.245 e. The van der Waals surface area contributed by atoms with Gasteiger partial charge in [0, 0.05) is 23.0 Å². The lowest BCUT2D eigenvalue weighted by molar-refractivity contribution is 0.487. The van der Waals surface area contributed by atoms with Crippen molar-refractivity contribution < 1.29 is 4.74 Å². The van der Waals surface area contributed by atoms with Crippen LogP contribution in [0.2, 0.25) is 0 Å². The van der Waals surface area contributed by atoms with Gasteiger partial charge >= 0.3 is 0 Å². The van der Waals surface area contributed by atoms with Gasteiger partial charge in [0.05, 0.1) is 11.4 Å². The molecule has 3 heterocycles. The highest BCUT2D eigenvalue weighted by molar-refractivity contribution is 7.12. The Labute approximate surface area is 420 Å². The van der Waals surface area contributed by atoms with E-state index in [-0.39, 0.29) is 13.4 Å². The van der Waals surface area contributed by atoms with Crippen LogP contribution in [-0.2, 0) is 0 Å². The highest BCUT2D eigenvalue weighted by Crippen LogP contribution is 2.38. The van der Waals surface area contributed by atoms with Gasteiger partial charge in [0.25, 0.3) is 0 Å². The highest BCUT2D eigenvalue weighted by atomic mass is 16.5. The van der Waals surface area contributed by atoms with E-state index in [0.29, 0.717) is 35.5 Å². The molecule has 0 bridgehead atoms. The molecule has 2 aromatic heterocycles. The summed E-state index contributed by atoms with van der Waals surface area (Å²) in [7, 11) is 0. The van der Waals surface area contributed by atoms with Gasteiger partial charge in [0.1, 0.15) is 11.5 Å². The molecule has 9 rings (SSSR count). The quantitative estimate of drug-likeness (QED) is 0.108. The summed E-state index contributed by atoms with van der Waals surface area (Å²) in [5.41, 5.74) is 23.7. The van der Waals surface area contributed by atoms with Crippen molar-refractivity contribution in [2.24, 2.45) is 0 Å². The molecule has 0 unspecified atom stereocenters. The lowest BCUT2D eigenvalue weighted by atomic mass is 9.19. The lowest BCUT2D eigenvalue weighted by Crippen LogP contribution is -2.76. The molecule has 0 aliphatic carbocycles. The maximum atomic E-state index is 7.60. The Hall–Kier alpha value is -6.45. The Balaban J connectivity index is 1.34. The number of benzene rings is 6. The zero-order valence-corrected chi connectivity index (χ0v) is 43.9. The molecule has 0 radical (unpaired) electrons. The number of hydrogen-bond acceptors (Lipinski definition) is 3. The first-order chi connectivity index (χ1) is 33.6. The van der Waals surface area contributed by atoms with Crippen LogP contribution in [0.4, 0.5) is 0 Å². The largest absolute Gasteiger partial charge is 0.458 e. The van der Waals surface area contributed by atoms with Crippen LogP contribution in [0.1, 0.15) is 158 Å². The second-order valence-electron chi connectivity index (χ2n) is 21.6. The van der Waals surface area contributed by atoms with E-state index in [1.807, 2.05) is 6.20 Å². The lowest BCUT2D eigenvalue weighted by Gasteiger charge is -2.38.